The molecule has 0 spiro atoms. The highest BCUT2D eigenvalue weighted by Crippen LogP contribution is 2.09. The smallest absolute Gasteiger partial charge is 0.317 e. The van der Waals surface area contributed by atoms with Gasteiger partial charge in [-0.05, 0) is 25.3 Å². The van der Waals surface area contributed by atoms with Gasteiger partial charge in [0.15, 0.2) is 0 Å². The normalized spacial score (nSPS) is 16.4. The molecule has 0 aromatic carbocycles. The van der Waals surface area contributed by atoms with Crippen LogP contribution in [0, 0.1) is 6.92 Å². The molecule has 1 N–H and O–H groups in total. The summed E-state index contributed by atoms with van der Waals surface area (Å²) >= 11 is 0. The second kappa shape index (κ2) is 6.42. The fourth-order valence-electron chi connectivity index (χ4n) is 2.25. The standard InChI is InChI=1S/C13H22N4O/c1-12-10-15-17(11-12)9-6-14-13(18)16-7-4-2-3-5-8-16/h10-11H,2-9H2,1H3,(H,14,18). The molecule has 1 aromatic heterocycles. The van der Waals surface area contributed by atoms with Gasteiger partial charge in [0, 0.05) is 25.8 Å². The number of rotatable bonds is 3. The van der Waals surface area contributed by atoms with Crippen LogP contribution in [0.25, 0.3) is 0 Å². The van der Waals surface area contributed by atoms with Gasteiger partial charge in [-0.15, -0.1) is 0 Å². The number of nitrogens with zero attached hydrogens (tertiary/aromatic N) is 3. The Hall–Kier alpha value is -1.52. The zero-order valence-electron chi connectivity index (χ0n) is 11.1. The molecule has 1 aliphatic rings. The molecule has 5 heteroatoms. The van der Waals surface area contributed by atoms with Crippen LogP contribution in [-0.4, -0.2) is 40.3 Å². The third kappa shape index (κ3) is 3.75. The van der Waals surface area contributed by atoms with Crippen LogP contribution in [0.2, 0.25) is 0 Å². The van der Waals surface area contributed by atoms with Gasteiger partial charge < -0.3 is 10.2 Å². The van der Waals surface area contributed by atoms with Gasteiger partial charge in [0.25, 0.3) is 0 Å². The maximum absolute atomic E-state index is 11.9. The van der Waals surface area contributed by atoms with Crippen LogP contribution in [-0.2, 0) is 6.54 Å². The average Bonchev–Trinajstić information content (AvgIpc) is 2.63. The average molecular weight is 250 g/mol. The monoisotopic (exact) mass is 250 g/mol. The first-order valence-electron chi connectivity index (χ1n) is 6.77. The van der Waals surface area contributed by atoms with Crippen molar-refractivity contribution in [1.29, 1.82) is 0 Å². The number of amides is 2. The van der Waals surface area contributed by atoms with E-state index >= 15 is 0 Å². The van der Waals surface area contributed by atoms with E-state index < -0.39 is 0 Å². The van der Waals surface area contributed by atoms with Gasteiger partial charge in [-0.25, -0.2) is 4.79 Å². The molecule has 18 heavy (non-hydrogen) atoms. The lowest BCUT2D eigenvalue weighted by molar-refractivity contribution is 0.199. The summed E-state index contributed by atoms with van der Waals surface area (Å²) < 4.78 is 1.86. The van der Waals surface area contributed by atoms with Crippen LogP contribution >= 0.6 is 0 Å². The summed E-state index contributed by atoms with van der Waals surface area (Å²) in [6.07, 6.45) is 8.57. The Morgan fingerprint density at radius 1 is 1.33 bits per heavy atom. The molecule has 2 amide bonds. The van der Waals surface area contributed by atoms with Crippen molar-refractivity contribution < 1.29 is 4.79 Å². The molecular weight excluding hydrogens is 228 g/mol. The molecule has 100 valence electrons. The largest absolute Gasteiger partial charge is 0.336 e. The Kier molecular flexibility index (Phi) is 4.61. The highest BCUT2D eigenvalue weighted by atomic mass is 16.2. The predicted octanol–water partition coefficient (Wildman–Crippen LogP) is 1.78. The molecule has 0 aliphatic carbocycles. The lowest BCUT2D eigenvalue weighted by atomic mass is 10.2. The van der Waals surface area contributed by atoms with E-state index in [9.17, 15) is 4.79 Å². The first-order valence-corrected chi connectivity index (χ1v) is 6.77. The summed E-state index contributed by atoms with van der Waals surface area (Å²) in [6, 6.07) is 0.0702. The summed E-state index contributed by atoms with van der Waals surface area (Å²) in [6.45, 7) is 5.17. The summed E-state index contributed by atoms with van der Waals surface area (Å²) in [5.74, 6) is 0. The zero-order chi connectivity index (χ0) is 12.8. The van der Waals surface area contributed by atoms with E-state index in [1.54, 1.807) is 0 Å². The van der Waals surface area contributed by atoms with Crippen molar-refractivity contribution in [2.24, 2.45) is 0 Å². The molecule has 2 rings (SSSR count). The number of hydrogen-bond donors (Lipinski definition) is 1. The van der Waals surface area contributed by atoms with Gasteiger partial charge >= 0.3 is 6.03 Å². The number of hydrogen-bond acceptors (Lipinski definition) is 2. The molecule has 0 radical (unpaired) electrons. The van der Waals surface area contributed by atoms with Crippen LogP contribution in [0.4, 0.5) is 4.79 Å². The van der Waals surface area contributed by atoms with E-state index in [1.807, 2.05) is 28.9 Å². The third-order valence-corrected chi connectivity index (χ3v) is 3.27. The molecule has 1 fully saturated rings. The van der Waals surface area contributed by atoms with E-state index in [2.05, 4.69) is 10.4 Å². The summed E-state index contributed by atoms with van der Waals surface area (Å²) in [7, 11) is 0. The summed E-state index contributed by atoms with van der Waals surface area (Å²) in [5, 5.41) is 7.16. The topological polar surface area (TPSA) is 50.2 Å². The molecule has 1 aliphatic heterocycles. The predicted molar refractivity (Wildman–Crippen MR) is 70.4 cm³/mol. The van der Waals surface area contributed by atoms with Crippen molar-refractivity contribution in [3.8, 4) is 0 Å². The van der Waals surface area contributed by atoms with Gasteiger partial charge in [0.2, 0.25) is 0 Å². The van der Waals surface area contributed by atoms with Crippen LogP contribution in [0.3, 0.4) is 0 Å². The van der Waals surface area contributed by atoms with E-state index in [0.717, 1.165) is 38.0 Å². The fraction of sp³-hybridized carbons (Fsp3) is 0.692. The quantitative estimate of drug-likeness (QED) is 0.889. The molecule has 0 atom stereocenters. The summed E-state index contributed by atoms with van der Waals surface area (Å²) in [4.78, 5) is 13.9. The SMILES string of the molecule is Cc1cnn(CCNC(=O)N2CCCCCC2)c1. The first kappa shape index (κ1) is 12.9. The van der Waals surface area contributed by atoms with Crippen molar-refractivity contribution in [3.63, 3.8) is 0 Å². The van der Waals surface area contributed by atoms with Crippen molar-refractivity contribution in [2.75, 3.05) is 19.6 Å². The number of aromatic nitrogens is 2. The van der Waals surface area contributed by atoms with Crippen LogP contribution < -0.4 is 5.32 Å². The molecule has 5 nitrogen and oxygen atoms in total. The Bertz CT molecular complexity index is 380. The van der Waals surface area contributed by atoms with Gasteiger partial charge in [0.05, 0.1) is 12.7 Å². The minimum atomic E-state index is 0.0702. The second-order valence-electron chi connectivity index (χ2n) is 4.91. The maximum atomic E-state index is 11.9. The highest BCUT2D eigenvalue weighted by molar-refractivity contribution is 5.74. The van der Waals surface area contributed by atoms with E-state index in [4.69, 9.17) is 0 Å². The molecule has 0 unspecified atom stereocenters. The number of carbonyl (C=O) groups excluding carboxylic acids is 1. The van der Waals surface area contributed by atoms with E-state index in [1.165, 1.54) is 12.8 Å². The van der Waals surface area contributed by atoms with Gasteiger partial charge in [-0.2, -0.15) is 5.10 Å². The Morgan fingerprint density at radius 2 is 2.06 bits per heavy atom. The first-order chi connectivity index (χ1) is 8.75. The number of urea groups is 1. The van der Waals surface area contributed by atoms with Gasteiger partial charge in [0.1, 0.15) is 0 Å². The van der Waals surface area contributed by atoms with Crippen molar-refractivity contribution in [3.05, 3.63) is 18.0 Å². The number of likely N-dealkylation sites (tertiary alicyclic amines) is 1. The molecule has 1 aromatic rings. The molecule has 0 bridgehead atoms. The lowest BCUT2D eigenvalue weighted by Crippen LogP contribution is -2.41. The molecule has 0 saturated carbocycles. The number of aryl methyl sites for hydroxylation is 1. The van der Waals surface area contributed by atoms with Crippen LogP contribution in [0.1, 0.15) is 31.2 Å². The van der Waals surface area contributed by atoms with E-state index in [0.29, 0.717) is 6.54 Å². The Labute approximate surface area is 108 Å². The maximum Gasteiger partial charge on any atom is 0.317 e. The van der Waals surface area contributed by atoms with Gasteiger partial charge in [-0.1, -0.05) is 12.8 Å². The fourth-order valence-corrected chi connectivity index (χ4v) is 2.25. The van der Waals surface area contributed by atoms with Crippen molar-refractivity contribution >= 4 is 6.03 Å². The van der Waals surface area contributed by atoms with E-state index in [-0.39, 0.29) is 6.03 Å². The highest BCUT2D eigenvalue weighted by Gasteiger charge is 2.14. The van der Waals surface area contributed by atoms with Gasteiger partial charge in [-0.3, -0.25) is 4.68 Å². The molecule has 2 heterocycles. The minimum Gasteiger partial charge on any atom is -0.336 e. The summed E-state index contributed by atoms with van der Waals surface area (Å²) in [5.41, 5.74) is 1.15. The number of carbonyl (C=O) groups is 1. The van der Waals surface area contributed by atoms with Crippen LogP contribution in [0.5, 0.6) is 0 Å². The van der Waals surface area contributed by atoms with Crippen molar-refractivity contribution in [1.82, 2.24) is 20.0 Å². The minimum absolute atomic E-state index is 0.0702. The molecule has 1 saturated heterocycles. The number of nitrogens with one attached hydrogen (secondary N) is 1. The van der Waals surface area contributed by atoms with Crippen molar-refractivity contribution in [2.45, 2.75) is 39.2 Å². The molecular formula is C13H22N4O. The Balaban J connectivity index is 1.70. The van der Waals surface area contributed by atoms with Crippen LogP contribution in [0.15, 0.2) is 12.4 Å². The zero-order valence-corrected chi connectivity index (χ0v) is 11.1. The lowest BCUT2D eigenvalue weighted by Gasteiger charge is -2.20. The second-order valence-corrected chi connectivity index (χ2v) is 4.91. The third-order valence-electron chi connectivity index (χ3n) is 3.27. The Morgan fingerprint density at radius 3 is 2.67 bits per heavy atom.